The van der Waals surface area contributed by atoms with Crippen molar-refractivity contribution < 1.29 is 9.18 Å². The van der Waals surface area contributed by atoms with E-state index >= 15 is 0 Å². The van der Waals surface area contributed by atoms with Crippen LogP contribution in [0.15, 0.2) is 24.3 Å². The molecule has 0 unspecified atom stereocenters. The van der Waals surface area contributed by atoms with Crippen LogP contribution in [0.1, 0.15) is 57.3 Å². The molecule has 1 amide bonds. The molecule has 4 heteroatoms. The minimum Gasteiger partial charge on any atom is -0.269 e. The molecule has 20 heavy (non-hydrogen) atoms. The number of benzene rings is 1. The maximum Gasteiger partial charge on any atom is 0.268 e. The second-order valence-corrected chi connectivity index (χ2v) is 5.94. The molecule has 0 spiro atoms. The van der Waals surface area contributed by atoms with Gasteiger partial charge in [-0.15, -0.1) is 0 Å². The number of rotatable bonds is 6. The minimum atomic E-state index is -0.393. The van der Waals surface area contributed by atoms with Gasteiger partial charge in [0.1, 0.15) is 5.82 Å². The fraction of sp³-hybridized carbons (Fsp3) is 0.562. The molecule has 1 aromatic carbocycles. The first-order valence-corrected chi connectivity index (χ1v) is 7.20. The number of hydrazine groups is 1. The molecule has 112 valence electrons. The molecule has 0 fully saturated rings. The molecule has 0 aromatic heterocycles. The van der Waals surface area contributed by atoms with Crippen molar-refractivity contribution in [1.29, 1.82) is 0 Å². The number of halogens is 1. The summed E-state index contributed by atoms with van der Waals surface area (Å²) in [6.45, 7) is 8.75. The van der Waals surface area contributed by atoms with E-state index in [1.807, 2.05) is 20.8 Å². The van der Waals surface area contributed by atoms with Gasteiger partial charge in [-0.25, -0.2) is 9.82 Å². The summed E-state index contributed by atoms with van der Waals surface area (Å²) >= 11 is 0. The number of nitrogens with one attached hydrogen (secondary N) is 1. The van der Waals surface area contributed by atoms with E-state index < -0.39 is 5.82 Å². The maximum atomic E-state index is 13.2. The molecule has 1 rings (SSSR count). The van der Waals surface area contributed by atoms with E-state index in [9.17, 15) is 9.18 Å². The van der Waals surface area contributed by atoms with Crippen LogP contribution in [0.5, 0.6) is 0 Å². The average Bonchev–Trinajstić information content (AvgIpc) is 2.36. The Balaban J connectivity index is 2.80. The lowest BCUT2D eigenvalue weighted by Gasteiger charge is -2.36. The van der Waals surface area contributed by atoms with Gasteiger partial charge >= 0.3 is 0 Å². The molecule has 0 atom stereocenters. The molecule has 0 aliphatic rings. The molecular formula is C16H25FN2O. The van der Waals surface area contributed by atoms with Crippen molar-refractivity contribution in [2.45, 2.75) is 52.5 Å². The first kappa shape index (κ1) is 16.6. The number of carbonyl (C=O) groups excluding carboxylic acids is 1. The second-order valence-electron chi connectivity index (χ2n) is 5.94. The van der Waals surface area contributed by atoms with Gasteiger partial charge in [-0.05, 0) is 45.4 Å². The van der Waals surface area contributed by atoms with Gasteiger partial charge in [-0.1, -0.05) is 25.8 Å². The summed E-state index contributed by atoms with van der Waals surface area (Å²) in [6, 6.07) is 5.81. The molecular weight excluding hydrogens is 255 g/mol. The Hall–Kier alpha value is -1.42. The molecule has 0 heterocycles. The number of amides is 1. The van der Waals surface area contributed by atoms with Crippen LogP contribution in [0.2, 0.25) is 0 Å². The number of hydrogen-bond acceptors (Lipinski definition) is 2. The predicted molar refractivity (Wildman–Crippen MR) is 79.9 cm³/mol. The van der Waals surface area contributed by atoms with Crippen molar-refractivity contribution in [2.24, 2.45) is 0 Å². The fourth-order valence-electron chi connectivity index (χ4n) is 1.93. The Bertz CT molecular complexity index is 440. The second kappa shape index (κ2) is 7.39. The highest BCUT2D eigenvalue weighted by Gasteiger charge is 2.27. The third-order valence-electron chi connectivity index (χ3n) is 3.00. The Morgan fingerprint density at radius 3 is 2.55 bits per heavy atom. The van der Waals surface area contributed by atoms with Gasteiger partial charge in [0.25, 0.3) is 5.91 Å². The van der Waals surface area contributed by atoms with Crippen LogP contribution < -0.4 is 5.43 Å². The highest BCUT2D eigenvalue weighted by atomic mass is 19.1. The lowest BCUT2D eigenvalue weighted by Crippen LogP contribution is -2.54. The third kappa shape index (κ3) is 4.93. The Morgan fingerprint density at radius 2 is 2.00 bits per heavy atom. The summed E-state index contributed by atoms with van der Waals surface area (Å²) < 4.78 is 13.2. The van der Waals surface area contributed by atoms with Crippen molar-refractivity contribution in [3.05, 3.63) is 35.6 Å². The molecule has 0 radical (unpaired) electrons. The van der Waals surface area contributed by atoms with E-state index in [0.717, 1.165) is 25.8 Å². The monoisotopic (exact) mass is 280 g/mol. The zero-order valence-corrected chi connectivity index (χ0v) is 12.9. The van der Waals surface area contributed by atoms with Gasteiger partial charge < -0.3 is 0 Å². The lowest BCUT2D eigenvalue weighted by molar-refractivity contribution is 0.0399. The zero-order chi connectivity index (χ0) is 15.2. The van der Waals surface area contributed by atoms with Gasteiger partial charge in [0.05, 0.1) is 5.54 Å². The Kier molecular flexibility index (Phi) is 6.14. The fourth-order valence-corrected chi connectivity index (χ4v) is 1.93. The van der Waals surface area contributed by atoms with Crippen LogP contribution in [0.4, 0.5) is 4.39 Å². The molecule has 0 bridgehead atoms. The first-order valence-electron chi connectivity index (χ1n) is 7.20. The van der Waals surface area contributed by atoms with Crippen molar-refractivity contribution >= 4 is 5.91 Å². The number of hydrogen-bond donors (Lipinski definition) is 1. The number of unbranched alkanes of at least 4 members (excludes halogenated alkanes) is 2. The standard InChI is InChI=1S/C16H25FN2O/c1-5-6-7-11-18-19(16(2,3)4)15(20)13-9-8-10-14(17)12-13/h8-10,12,18H,5-7,11H2,1-4H3. The van der Waals surface area contributed by atoms with E-state index in [1.165, 1.54) is 12.1 Å². The topological polar surface area (TPSA) is 32.3 Å². The van der Waals surface area contributed by atoms with E-state index in [4.69, 9.17) is 0 Å². The van der Waals surface area contributed by atoms with Crippen LogP contribution in [0.25, 0.3) is 0 Å². The average molecular weight is 280 g/mol. The van der Waals surface area contributed by atoms with E-state index in [0.29, 0.717) is 5.56 Å². The molecule has 0 aliphatic heterocycles. The number of nitrogens with zero attached hydrogens (tertiary/aromatic N) is 1. The van der Waals surface area contributed by atoms with Crippen LogP contribution in [-0.2, 0) is 0 Å². The molecule has 0 saturated heterocycles. The Morgan fingerprint density at radius 1 is 1.30 bits per heavy atom. The summed E-state index contributed by atoms with van der Waals surface area (Å²) in [4.78, 5) is 12.5. The van der Waals surface area contributed by atoms with Gasteiger partial charge in [0.2, 0.25) is 0 Å². The maximum absolute atomic E-state index is 13.2. The minimum absolute atomic E-state index is 0.200. The van der Waals surface area contributed by atoms with Gasteiger partial charge in [-0.2, -0.15) is 0 Å². The first-order chi connectivity index (χ1) is 9.36. The summed E-state index contributed by atoms with van der Waals surface area (Å²) in [5.41, 5.74) is 3.17. The van der Waals surface area contributed by atoms with Crippen LogP contribution in [0, 0.1) is 5.82 Å². The highest BCUT2D eigenvalue weighted by Crippen LogP contribution is 2.15. The molecule has 3 nitrogen and oxygen atoms in total. The largest absolute Gasteiger partial charge is 0.269 e. The molecule has 0 aliphatic carbocycles. The van der Waals surface area contributed by atoms with E-state index in [2.05, 4.69) is 12.3 Å². The summed E-state index contributed by atoms with van der Waals surface area (Å²) in [6.07, 6.45) is 3.27. The van der Waals surface area contributed by atoms with Crippen molar-refractivity contribution in [3.63, 3.8) is 0 Å². The van der Waals surface area contributed by atoms with Crippen molar-refractivity contribution in [2.75, 3.05) is 6.54 Å². The van der Waals surface area contributed by atoms with Crippen LogP contribution in [-0.4, -0.2) is 23.0 Å². The molecule has 0 saturated carbocycles. The van der Waals surface area contributed by atoms with Gasteiger partial charge in [0.15, 0.2) is 0 Å². The molecule has 1 aromatic rings. The normalized spacial score (nSPS) is 11.4. The van der Waals surface area contributed by atoms with Crippen molar-refractivity contribution in [1.82, 2.24) is 10.4 Å². The summed E-state index contributed by atoms with van der Waals surface area (Å²) in [5.74, 6) is -0.593. The summed E-state index contributed by atoms with van der Waals surface area (Å²) in [5, 5.41) is 1.59. The zero-order valence-electron chi connectivity index (χ0n) is 12.9. The van der Waals surface area contributed by atoms with Gasteiger partial charge in [-0.3, -0.25) is 9.80 Å². The van der Waals surface area contributed by atoms with E-state index in [1.54, 1.807) is 17.1 Å². The number of carbonyl (C=O) groups is 1. The quantitative estimate of drug-likeness (QED) is 0.635. The predicted octanol–water partition coefficient (Wildman–Crippen LogP) is 3.76. The highest BCUT2D eigenvalue weighted by molar-refractivity contribution is 5.94. The van der Waals surface area contributed by atoms with Crippen LogP contribution >= 0.6 is 0 Å². The smallest absolute Gasteiger partial charge is 0.268 e. The SMILES string of the molecule is CCCCCNN(C(=O)c1cccc(F)c1)C(C)(C)C. The van der Waals surface area contributed by atoms with Crippen LogP contribution in [0.3, 0.4) is 0 Å². The Labute approximate surface area is 121 Å². The summed E-state index contributed by atoms with van der Waals surface area (Å²) in [7, 11) is 0. The molecule has 1 N–H and O–H groups in total. The van der Waals surface area contributed by atoms with Gasteiger partial charge in [0, 0.05) is 12.1 Å². The van der Waals surface area contributed by atoms with E-state index in [-0.39, 0.29) is 11.4 Å². The third-order valence-corrected chi connectivity index (χ3v) is 3.00. The van der Waals surface area contributed by atoms with Crippen molar-refractivity contribution in [3.8, 4) is 0 Å². The lowest BCUT2D eigenvalue weighted by atomic mass is 10.1.